The Kier molecular flexibility index (Phi) is 4.81. The van der Waals surface area contributed by atoms with E-state index >= 15 is 0 Å². The first-order valence-electron chi connectivity index (χ1n) is 4.91. The zero-order valence-electron chi connectivity index (χ0n) is 8.25. The van der Waals surface area contributed by atoms with Gasteiger partial charge in [0.05, 0.1) is 13.1 Å². The highest BCUT2D eigenvalue weighted by Crippen LogP contribution is 2.09. The Morgan fingerprint density at radius 1 is 1.57 bits per heavy atom. The van der Waals surface area contributed by atoms with Crippen molar-refractivity contribution < 1.29 is 4.79 Å². The molecule has 1 aliphatic carbocycles. The van der Waals surface area contributed by atoms with E-state index in [2.05, 4.69) is 28.7 Å². The van der Waals surface area contributed by atoms with Crippen LogP contribution in [0.25, 0.3) is 0 Å². The number of allylic oxidation sites excluding steroid dienone is 1. The number of amides is 1. The number of carbonyl (C=O) groups excluding carboxylic acids is 1. The average Bonchev–Trinajstić information content (AvgIpc) is 2.20. The van der Waals surface area contributed by atoms with E-state index in [1.165, 1.54) is 0 Å². The van der Waals surface area contributed by atoms with E-state index in [-0.39, 0.29) is 5.91 Å². The van der Waals surface area contributed by atoms with Crippen LogP contribution in [0.4, 0.5) is 0 Å². The second-order valence-corrected chi connectivity index (χ2v) is 3.36. The summed E-state index contributed by atoms with van der Waals surface area (Å²) >= 11 is 0. The molecule has 1 aliphatic rings. The van der Waals surface area contributed by atoms with Crippen LogP contribution in [0.15, 0.2) is 12.2 Å². The van der Waals surface area contributed by atoms with E-state index in [0.717, 1.165) is 19.3 Å². The van der Waals surface area contributed by atoms with Crippen LogP contribution in [0.2, 0.25) is 0 Å². The maximum atomic E-state index is 11.3. The molecule has 0 aromatic rings. The Labute approximate surface area is 85.0 Å². The monoisotopic (exact) mass is 192 g/mol. The van der Waals surface area contributed by atoms with E-state index < -0.39 is 0 Å². The molecule has 0 aromatic heterocycles. The van der Waals surface area contributed by atoms with Gasteiger partial charge in [0.15, 0.2) is 0 Å². The smallest absolute Gasteiger partial charge is 0.234 e. The highest BCUT2D eigenvalue weighted by Gasteiger charge is 2.11. The minimum atomic E-state index is 0.0283. The Morgan fingerprint density at radius 2 is 2.43 bits per heavy atom. The van der Waals surface area contributed by atoms with Crippen LogP contribution in [0, 0.1) is 12.3 Å². The molecule has 0 saturated carbocycles. The number of nitrogens with one attached hydrogen (secondary N) is 2. The lowest BCUT2D eigenvalue weighted by molar-refractivity contribution is -0.120. The van der Waals surface area contributed by atoms with Crippen molar-refractivity contribution in [2.24, 2.45) is 0 Å². The third kappa shape index (κ3) is 4.11. The number of rotatable bonds is 4. The second kappa shape index (κ2) is 6.22. The SMILES string of the molecule is C#CCNCC(=O)NC1CC=CCC1. The van der Waals surface area contributed by atoms with Crippen LogP contribution in [0.5, 0.6) is 0 Å². The fourth-order valence-electron chi connectivity index (χ4n) is 1.45. The lowest BCUT2D eigenvalue weighted by Crippen LogP contribution is -2.40. The van der Waals surface area contributed by atoms with Gasteiger partial charge in [-0.05, 0) is 19.3 Å². The molecule has 0 radical (unpaired) electrons. The summed E-state index contributed by atoms with van der Waals surface area (Å²) in [7, 11) is 0. The van der Waals surface area contributed by atoms with Gasteiger partial charge in [0, 0.05) is 6.04 Å². The first-order valence-corrected chi connectivity index (χ1v) is 4.91. The van der Waals surface area contributed by atoms with Gasteiger partial charge in [-0.15, -0.1) is 6.42 Å². The minimum absolute atomic E-state index is 0.0283. The van der Waals surface area contributed by atoms with Gasteiger partial charge in [-0.3, -0.25) is 10.1 Å². The summed E-state index contributed by atoms with van der Waals surface area (Å²) in [5.74, 6) is 2.45. The molecule has 1 rings (SSSR count). The summed E-state index contributed by atoms with van der Waals surface area (Å²) in [6.07, 6.45) is 12.4. The Morgan fingerprint density at radius 3 is 3.07 bits per heavy atom. The summed E-state index contributed by atoms with van der Waals surface area (Å²) in [6.45, 7) is 0.752. The standard InChI is InChI=1S/C11H16N2O/c1-2-8-12-9-11(14)13-10-6-4-3-5-7-10/h1,3-4,10,12H,5-9H2,(H,13,14). The van der Waals surface area contributed by atoms with E-state index in [0.29, 0.717) is 19.1 Å². The summed E-state index contributed by atoms with van der Waals surface area (Å²) < 4.78 is 0. The van der Waals surface area contributed by atoms with Gasteiger partial charge in [0.2, 0.25) is 5.91 Å². The summed E-state index contributed by atoms with van der Waals surface area (Å²) in [5, 5.41) is 5.81. The van der Waals surface area contributed by atoms with Gasteiger partial charge < -0.3 is 5.32 Å². The summed E-state index contributed by atoms with van der Waals surface area (Å²) in [5.41, 5.74) is 0. The maximum Gasteiger partial charge on any atom is 0.234 e. The minimum Gasteiger partial charge on any atom is -0.352 e. The molecule has 0 heterocycles. The van der Waals surface area contributed by atoms with Crippen LogP contribution >= 0.6 is 0 Å². The fraction of sp³-hybridized carbons (Fsp3) is 0.545. The number of terminal acetylenes is 1. The lowest BCUT2D eigenvalue weighted by Gasteiger charge is -2.19. The third-order valence-corrected chi connectivity index (χ3v) is 2.15. The first-order chi connectivity index (χ1) is 6.83. The van der Waals surface area contributed by atoms with Gasteiger partial charge >= 0.3 is 0 Å². The third-order valence-electron chi connectivity index (χ3n) is 2.15. The molecule has 0 bridgehead atoms. The lowest BCUT2D eigenvalue weighted by atomic mass is 10.0. The molecule has 0 aliphatic heterocycles. The first kappa shape index (κ1) is 10.8. The normalized spacial score (nSPS) is 20.1. The Hall–Kier alpha value is -1.27. The highest BCUT2D eigenvalue weighted by atomic mass is 16.1. The van der Waals surface area contributed by atoms with E-state index in [1.807, 2.05) is 0 Å². The van der Waals surface area contributed by atoms with Crippen molar-refractivity contribution in [1.29, 1.82) is 0 Å². The zero-order valence-corrected chi connectivity index (χ0v) is 8.25. The number of hydrogen-bond acceptors (Lipinski definition) is 2. The molecule has 1 amide bonds. The largest absolute Gasteiger partial charge is 0.352 e. The van der Waals surface area contributed by atoms with Gasteiger partial charge in [-0.1, -0.05) is 18.1 Å². The molecule has 1 unspecified atom stereocenters. The van der Waals surface area contributed by atoms with Crippen molar-refractivity contribution in [2.45, 2.75) is 25.3 Å². The van der Waals surface area contributed by atoms with Gasteiger partial charge in [0.1, 0.15) is 0 Å². The number of carbonyl (C=O) groups is 1. The Balaban J connectivity index is 2.13. The van der Waals surface area contributed by atoms with Crippen molar-refractivity contribution in [2.75, 3.05) is 13.1 Å². The van der Waals surface area contributed by atoms with Gasteiger partial charge in [-0.2, -0.15) is 0 Å². The fourth-order valence-corrected chi connectivity index (χ4v) is 1.45. The zero-order chi connectivity index (χ0) is 10.2. The van der Waals surface area contributed by atoms with Crippen molar-refractivity contribution in [1.82, 2.24) is 10.6 Å². The van der Waals surface area contributed by atoms with Crippen LogP contribution < -0.4 is 10.6 Å². The summed E-state index contributed by atoms with van der Waals surface area (Å²) in [6, 6.07) is 0.306. The quantitative estimate of drug-likeness (QED) is 0.385. The molecule has 0 aromatic carbocycles. The van der Waals surface area contributed by atoms with E-state index in [1.54, 1.807) is 0 Å². The molecule has 0 fully saturated rings. The average molecular weight is 192 g/mol. The van der Waals surface area contributed by atoms with Crippen LogP contribution in [-0.2, 0) is 4.79 Å². The van der Waals surface area contributed by atoms with Crippen molar-refractivity contribution in [3.63, 3.8) is 0 Å². The number of hydrogen-bond donors (Lipinski definition) is 2. The molecule has 1 atom stereocenters. The molecule has 14 heavy (non-hydrogen) atoms. The van der Waals surface area contributed by atoms with Crippen molar-refractivity contribution >= 4 is 5.91 Å². The topological polar surface area (TPSA) is 41.1 Å². The highest BCUT2D eigenvalue weighted by molar-refractivity contribution is 5.78. The van der Waals surface area contributed by atoms with Crippen LogP contribution in [-0.4, -0.2) is 25.0 Å². The van der Waals surface area contributed by atoms with E-state index in [9.17, 15) is 4.79 Å². The molecule has 76 valence electrons. The molecule has 3 nitrogen and oxygen atoms in total. The Bertz CT molecular complexity index is 253. The van der Waals surface area contributed by atoms with Crippen LogP contribution in [0.1, 0.15) is 19.3 Å². The van der Waals surface area contributed by atoms with Crippen LogP contribution in [0.3, 0.4) is 0 Å². The molecular weight excluding hydrogens is 176 g/mol. The predicted molar refractivity (Wildman–Crippen MR) is 56.6 cm³/mol. The van der Waals surface area contributed by atoms with Crippen molar-refractivity contribution in [3.8, 4) is 12.3 Å². The molecule has 0 spiro atoms. The summed E-state index contributed by atoms with van der Waals surface area (Å²) in [4.78, 5) is 11.3. The second-order valence-electron chi connectivity index (χ2n) is 3.36. The van der Waals surface area contributed by atoms with E-state index in [4.69, 9.17) is 6.42 Å². The predicted octanol–water partition coefficient (Wildman–Crippen LogP) is 0.434. The van der Waals surface area contributed by atoms with Gasteiger partial charge in [-0.25, -0.2) is 0 Å². The van der Waals surface area contributed by atoms with Gasteiger partial charge in [0.25, 0.3) is 0 Å². The molecule has 0 saturated heterocycles. The molecule has 3 heteroatoms. The molecule has 2 N–H and O–H groups in total. The maximum absolute atomic E-state index is 11.3. The van der Waals surface area contributed by atoms with Crippen molar-refractivity contribution in [3.05, 3.63) is 12.2 Å². The molecular formula is C11H16N2O.